The molecule has 0 amide bonds. The predicted octanol–water partition coefficient (Wildman–Crippen LogP) is 7.22. The Morgan fingerprint density at radius 1 is 0.833 bits per heavy atom. The monoisotopic (exact) mass is 318 g/mol. The van der Waals surface area contributed by atoms with Crippen LogP contribution in [0.5, 0.6) is 0 Å². The molecule has 24 heavy (non-hydrogen) atoms. The highest BCUT2D eigenvalue weighted by molar-refractivity contribution is 5.81. The van der Waals surface area contributed by atoms with Crippen LogP contribution in [0.3, 0.4) is 0 Å². The number of fused-ring (bicyclic) bond motifs is 1. The van der Waals surface area contributed by atoms with Crippen LogP contribution in [-0.2, 0) is 0 Å². The highest BCUT2D eigenvalue weighted by Gasteiger charge is 2.31. The number of benzene rings is 2. The normalized spacial score (nSPS) is 16.5. The lowest BCUT2D eigenvalue weighted by Crippen LogP contribution is -2.12. The molecule has 3 rings (SSSR count). The summed E-state index contributed by atoms with van der Waals surface area (Å²) in [6.45, 7) is 13.7. The van der Waals surface area contributed by atoms with Gasteiger partial charge in [0.25, 0.3) is 0 Å². The Labute approximate surface area is 147 Å². The molecular weight excluding hydrogens is 288 g/mol. The van der Waals surface area contributed by atoms with Crippen LogP contribution >= 0.6 is 0 Å². The summed E-state index contributed by atoms with van der Waals surface area (Å²) in [6, 6.07) is 11.6. The lowest BCUT2D eigenvalue weighted by molar-refractivity contribution is 0.438. The molecule has 1 unspecified atom stereocenters. The third kappa shape index (κ3) is 2.73. The van der Waals surface area contributed by atoms with Gasteiger partial charge in [0.15, 0.2) is 0 Å². The molecule has 0 radical (unpaired) electrons. The van der Waals surface area contributed by atoms with Gasteiger partial charge in [-0.3, -0.25) is 0 Å². The number of rotatable bonds is 4. The molecule has 0 saturated carbocycles. The van der Waals surface area contributed by atoms with Gasteiger partial charge in [0.05, 0.1) is 0 Å². The minimum atomic E-state index is 0.575. The quantitative estimate of drug-likeness (QED) is 0.558. The summed E-state index contributed by atoms with van der Waals surface area (Å²) >= 11 is 0. The van der Waals surface area contributed by atoms with Crippen molar-refractivity contribution in [1.82, 2.24) is 0 Å². The van der Waals surface area contributed by atoms with E-state index in [1.54, 1.807) is 5.56 Å². The lowest BCUT2D eigenvalue weighted by atomic mass is 9.77. The third-order valence-electron chi connectivity index (χ3n) is 5.99. The van der Waals surface area contributed by atoms with Crippen molar-refractivity contribution < 1.29 is 0 Å². The van der Waals surface area contributed by atoms with E-state index in [-0.39, 0.29) is 0 Å². The molecule has 0 aromatic heterocycles. The zero-order chi connectivity index (χ0) is 17.4. The molecule has 0 heteroatoms. The average Bonchev–Trinajstić information content (AvgIpc) is 2.88. The minimum Gasteiger partial charge on any atom is -0.0651 e. The molecule has 2 aromatic rings. The van der Waals surface area contributed by atoms with Crippen molar-refractivity contribution in [3.05, 3.63) is 63.7 Å². The Bertz CT molecular complexity index is 788. The Kier molecular flexibility index (Phi) is 4.67. The molecule has 126 valence electrons. The van der Waals surface area contributed by atoms with Gasteiger partial charge >= 0.3 is 0 Å². The third-order valence-corrected chi connectivity index (χ3v) is 5.99. The molecule has 0 aliphatic heterocycles. The second-order valence-electron chi connectivity index (χ2n) is 7.50. The molecule has 0 fully saturated rings. The van der Waals surface area contributed by atoms with Gasteiger partial charge in [0.1, 0.15) is 0 Å². The van der Waals surface area contributed by atoms with E-state index in [1.165, 1.54) is 51.8 Å². The van der Waals surface area contributed by atoms with E-state index >= 15 is 0 Å². The first-order chi connectivity index (χ1) is 11.5. The van der Waals surface area contributed by atoms with Crippen molar-refractivity contribution in [1.29, 1.82) is 0 Å². The Balaban J connectivity index is 2.23. The van der Waals surface area contributed by atoms with Crippen molar-refractivity contribution in [3.8, 4) is 11.1 Å². The van der Waals surface area contributed by atoms with Crippen LogP contribution in [0, 0.1) is 26.7 Å². The number of aryl methyl sites for hydroxylation is 3. The van der Waals surface area contributed by atoms with Crippen molar-refractivity contribution in [3.63, 3.8) is 0 Å². The van der Waals surface area contributed by atoms with Gasteiger partial charge in [-0.25, -0.2) is 0 Å². The molecule has 0 N–H and O–H groups in total. The van der Waals surface area contributed by atoms with E-state index < -0.39 is 0 Å². The standard InChI is InChI=1S/C24H30/c1-7-19(8-2)23-18(6)14-21-12-10-16(4)22(24(21)23)20-11-9-15(3)17(5)13-20/h9-14,19,23H,7-8H2,1-6H3. The summed E-state index contributed by atoms with van der Waals surface area (Å²) in [7, 11) is 0. The number of hydrogen-bond acceptors (Lipinski definition) is 0. The second-order valence-corrected chi connectivity index (χ2v) is 7.50. The van der Waals surface area contributed by atoms with Gasteiger partial charge in [-0.1, -0.05) is 68.7 Å². The molecular formula is C24H30. The zero-order valence-corrected chi connectivity index (χ0v) is 16.0. The molecule has 1 aliphatic carbocycles. The Hall–Kier alpha value is -1.82. The zero-order valence-electron chi connectivity index (χ0n) is 16.0. The molecule has 0 bridgehead atoms. The second kappa shape index (κ2) is 6.59. The van der Waals surface area contributed by atoms with Crippen LogP contribution in [0.1, 0.15) is 67.3 Å². The summed E-state index contributed by atoms with van der Waals surface area (Å²) < 4.78 is 0. The number of allylic oxidation sites excluding steroid dienone is 1. The average molecular weight is 319 g/mol. The van der Waals surface area contributed by atoms with Crippen LogP contribution in [-0.4, -0.2) is 0 Å². The van der Waals surface area contributed by atoms with Crippen LogP contribution in [0.25, 0.3) is 17.2 Å². The molecule has 0 nitrogen and oxygen atoms in total. The van der Waals surface area contributed by atoms with Crippen LogP contribution in [0.15, 0.2) is 35.9 Å². The predicted molar refractivity (Wildman–Crippen MR) is 107 cm³/mol. The number of hydrogen-bond donors (Lipinski definition) is 0. The molecule has 0 heterocycles. The van der Waals surface area contributed by atoms with Crippen molar-refractivity contribution in [2.24, 2.45) is 5.92 Å². The topological polar surface area (TPSA) is 0 Å². The highest BCUT2D eigenvalue weighted by Crippen LogP contribution is 2.48. The van der Waals surface area contributed by atoms with Crippen molar-refractivity contribution >= 4 is 6.08 Å². The van der Waals surface area contributed by atoms with Gasteiger partial charge in [-0.15, -0.1) is 0 Å². The van der Waals surface area contributed by atoms with E-state index in [0.29, 0.717) is 5.92 Å². The van der Waals surface area contributed by atoms with Crippen molar-refractivity contribution in [2.75, 3.05) is 0 Å². The maximum absolute atomic E-state index is 2.42. The van der Waals surface area contributed by atoms with Gasteiger partial charge in [-0.2, -0.15) is 0 Å². The fraction of sp³-hybridized carbons (Fsp3) is 0.417. The highest BCUT2D eigenvalue weighted by atomic mass is 14.3. The van der Waals surface area contributed by atoms with Crippen LogP contribution < -0.4 is 0 Å². The smallest absolute Gasteiger partial charge is 0.00890 e. The van der Waals surface area contributed by atoms with E-state index in [1.807, 2.05) is 0 Å². The molecule has 1 aliphatic rings. The Morgan fingerprint density at radius 3 is 2.12 bits per heavy atom. The van der Waals surface area contributed by atoms with E-state index in [9.17, 15) is 0 Å². The maximum atomic E-state index is 2.42. The largest absolute Gasteiger partial charge is 0.0651 e. The molecule has 1 atom stereocenters. The molecule has 0 spiro atoms. The van der Waals surface area contributed by atoms with E-state index in [0.717, 1.165) is 5.92 Å². The fourth-order valence-electron chi connectivity index (χ4n) is 4.42. The first kappa shape index (κ1) is 17.0. The first-order valence-electron chi connectivity index (χ1n) is 9.37. The van der Waals surface area contributed by atoms with E-state index in [2.05, 4.69) is 78.0 Å². The van der Waals surface area contributed by atoms with Crippen LogP contribution in [0.2, 0.25) is 0 Å². The maximum Gasteiger partial charge on any atom is 0.00890 e. The lowest BCUT2D eigenvalue weighted by Gasteiger charge is -2.27. The van der Waals surface area contributed by atoms with Crippen molar-refractivity contribution in [2.45, 2.75) is 60.3 Å². The SMILES string of the molecule is CCC(CC)C1C(C)=Cc2ccc(C)c(-c3ccc(C)c(C)c3)c21. The first-order valence-corrected chi connectivity index (χ1v) is 9.37. The van der Waals surface area contributed by atoms with E-state index in [4.69, 9.17) is 0 Å². The summed E-state index contributed by atoms with van der Waals surface area (Å²) in [4.78, 5) is 0. The van der Waals surface area contributed by atoms with Gasteiger partial charge in [-0.05, 0) is 72.6 Å². The summed E-state index contributed by atoms with van der Waals surface area (Å²) in [6.07, 6.45) is 4.90. The van der Waals surface area contributed by atoms with Gasteiger partial charge in [0.2, 0.25) is 0 Å². The summed E-state index contributed by atoms with van der Waals surface area (Å²) in [5.41, 5.74) is 11.5. The fourth-order valence-corrected chi connectivity index (χ4v) is 4.42. The van der Waals surface area contributed by atoms with Crippen LogP contribution in [0.4, 0.5) is 0 Å². The van der Waals surface area contributed by atoms with Gasteiger partial charge < -0.3 is 0 Å². The minimum absolute atomic E-state index is 0.575. The molecule has 2 aromatic carbocycles. The molecule has 0 saturated heterocycles. The summed E-state index contributed by atoms with van der Waals surface area (Å²) in [5.74, 6) is 1.31. The Morgan fingerprint density at radius 2 is 1.50 bits per heavy atom. The van der Waals surface area contributed by atoms with Gasteiger partial charge in [0, 0.05) is 5.92 Å². The summed E-state index contributed by atoms with van der Waals surface area (Å²) in [5, 5.41) is 0.